The quantitative estimate of drug-likeness (QED) is 0.397. The zero-order valence-corrected chi connectivity index (χ0v) is 19.0. The van der Waals surface area contributed by atoms with E-state index in [9.17, 15) is 9.90 Å². The number of allylic oxidation sites excluding steroid dienone is 2. The number of hydrogen-bond donors (Lipinski definition) is 1. The van der Waals surface area contributed by atoms with E-state index in [2.05, 4.69) is 54.1 Å². The van der Waals surface area contributed by atoms with Crippen molar-refractivity contribution in [1.82, 2.24) is 0 Å². The average Bonchev–Trinajstić information content (AvgIpc) is 2.95. The van der Waals surface area contributed by atoms with Crippen LogP contribution in [0.4, 0.5) is 0 Å². The lowest BCUT2D eigenvalue weighted by atomic mass is 9.48. The van der Waals surface area contributed by atoms with Crippen molar-refractivity contribution in [3.05, 3.63) is 51.5 Å². The molecule has 6 unspecified atom stereocenters. The van der Waals surface area contributed by atoms with Crippen molar-refractivity contribution in [1.29, 1.82) is 0 Å². The zero-order valence-electron chi connectivity index (χ0n) is 17.5. The summed E-state index contributed by atoms with van der Waals surface area (Å²) < 4.78 is 1.07. The van der Waals surface area contributed by atoms with Gasteiger partial charge in [-0.1, -0.05) is 53.6 Å². The largest absolute Gasteiger partial charge is 0.393 e. The predicted octanol–water partition coefficient (Wildman–Crippen LogP) is 6.34. The molecule has 0 heterocycles. The highest BCUT2D eigenvalue weighted by molar-refractivity contribution is 9.10. The first-order valence-electron chi connectivity index (χ1n) is 11.2. The number of carbonyl (C=O) groups excluding carboxylic acids is 1. The second-order valence-corrected chi connectivity index (χ2v) is 11.3. The van der Waals surface area contributed by atoms with E-state index in [0.717, 1.165) is 60.6 Å². The van der Waals surface area contributed by atoms with E-state index in [-0.39, 0.29) is 16.9 Å². The van der Waals surface area contributed by atoms with E-state index in [1.165, 1.54) is 5.57 Å². The van der Waals surface area contributed by atoms with Gasteiger partial charge in [-0.2, -0.15) is 0 Å². The molecular formula is C26H31BrO2. The molecule has 2 nitrogen and oxygen atoms in total. The van der Waals surface area contributed by atoms with Gasteiger partial charge in [0.2, 0.25) is 0 Å². The molecular weight excluding hydrogens is 424 g/mol. The zero-order chi connectivity index (χ0) is 20.4. The minimum atomic E-state index is -0.196. The molecule has 0 amide bonds. The Bertz CT molecular complexity index is 898. The third-order valence-electron chi connectivity index (χ3n) is 8.93. The molecule has 3 heteroatoms. The molecule has 0 aliphatic heterocycles. The highest BCUT2D eigenvalue weighted by Gasteiger charge is 2.59. The SMILES string of the molecule is CC12CCC3C(CC=C4CC(O)CCC43C)C1C/C(=C\c1ccc(Br)cc1)C2=O. The number of halogens is 1. The lowest BCUT2D eigenvalue weighted by Crippen LogP contribution is -2.50. The standard InChI is InChI=1S/C26H31BrO2/c1-25-11-9-20(28)15-18(25)5-8-21-22(25)10-12-26(2)23(21)14-17(24(26)29)13-16-3-6-19(27)7-4-16/h3-7,13,20-23,28H,8-12,14-15H2,1-2H3/b17-13+. The Kier molecular flexibility index (Phi) is 4.71. The molecule has 3 saturated carbocycles. The fourth-order valence-corrected chi connectivity index (χ4v) is 7.47. The molecule has 4 aliphatic rings. The highest BCUT2D eigenvalue weighted by atomic mass is 79.9. The number of aliphatic hydroxyl groups is 1. The van der Waals surface area contributed by atoms with Crippen LogP contribution in [0.5, 0.6) is 0 Å². The minimum absolute atomic E-state index is 0.159. The molecule has 29 heavy (non-hydrogen) atoms. The van der Waals surface area contributed by atoms with Gasteiger partial charge < -0.3 is 5.11 Å². The Morgan fingerprint density at radius 2 is 1.76 bits per heavy atom. The second-order valence-electron chi connectivity index (χ2n) is 10.4. The summed E-state index contributed by atoms with van der Waals surface area (Å²) in [5.41, 5.74) is 3.67. The summed E-state index contributed by atoms with van der Waals surface area (Å²) in [5, 5.41) is 10.2. The van der Waals surface area contributed by atoms with Gasteiger partial charge in [0.1, 0.15) is 0 Å². The van der Waals surface area contributed by atoms with Gasteiger partial charge >= 0.3 is 0 Å². The van der Waals surface area contributed by atoms with Crippen molar-refractivity contribution in [2.45, 2.75) is 64.9 Å². The number of Topliss-reactive ketones (excluding diaryl/α,β-unsaturated/α-hetero) is 1. The molecule has 0 bridgehead atoms. The molecule has 0 aromatic heterocycles. The third-order valence-corrected chi connectivity index (χ3v) is 9.46. The molecule has 0 spiro atoms. The van der Waals surface area contributed by atoms with E-state index < -0.39 is 0 Å². The van der Waals surface area contributed by atoms with Crippen LogP contribution >= 0.6 is 15.9 Å². The number of carbonyl (C=O) groups is 1. The summed E-state index contributed by atoms with van der Waals surface area (Å²) in [6.07, 6.45) is 11.5. The summed E-state index contributed by atoms with van der Waals surface area (Å²) in [4.78, 5) is 13.5. The first-order chi connectivity index (χ1) is 13.8. The topological polar surface area (TPSA) is 37.3 Å². The van der Waals surface area contributed by atoms with Crippen LogP contribution in [0.1, 0.15) is 64.4 Å². The van der Waals surface area contributed by atoms with Gasteiger partial charge in [0.05, 0.1) is 6.10 Å². The number of benzene rings is 1. The Labute approximate surface area is 182 Å². The van der Waals surface area contributed by atoms with Crippen molar-refractivity contribution in [2.24, 2.45) is 28.6 Å². The number of aliphatic hydroxyl groups excluding tert-OH is 1. The van der Waals surface area contributed by atoms with Crippen LogP contribution in [0, 0.1) is 28.6 Å². The Balaban J connectivity index is 1.47. The van der Waals surface area contributed by atoms with Crippen LogP contribution in [-0.2, 0) is 4.79 Å². The smallest absolute Gasteiger partial charge is 0.165 e. The van der Waals surface area contributed by atoms with Crippen LogP contribution in [-0.4, -0.2) is 17.0 Å². The van der Waals surface area contributed by atoms with Crippen molar-refractivity contribution in [3.63, 3.8) is 0 Å². The first-order valence-corrected chi connectivity index (χ1v) is 12.0. The van der Waals surface area contributed by atoms with Gasteiger partial charge in [-0.3, -0.25) is 4.79 Å². The van der Waals surface area contributed by atoms with E-state index in [1.54, 1.807) is 0 Å². The number of fused-ring (bicyclic) bond motifs is 5. The number of hydrogen-bond acceptors (Lipinski definition) is 2. The fraction of sp³-hybridized carbons (Fsp3) is 0.577. The molecule has 0 saturated heterocycles. The van der Waals surface area contributed by atoms with Gasteiger partial charge in [0, 0.05) is 9.89 Å². The third kappa shape index (κ3) is 3.03. The fourth-order valence-electron chi connectivity index (χ4n) is 7.20. The Morgan fingerprint density at radius 1 is 1.03 bits per heavy atom. The average molecular weight is 455 g/mol. The maximum Gasteiger partial charge on any atom is 0.165 e. The highest BCUT2D eigenvalue weighted by Crippen LogP contribution is 2.64. The molecule has 1 aromatic rings. The molecule has 6 atom stereocenters. The van der Waals surface area contributed by atoms with Crippen molar-refractivity contribution >= 4 is 27.8 Å². The molecule has 0 radical (unpaired) electrons. The molecule has 5 rings (SSSR count). The Hall–Kier alpha value is -1.19. The van der Waals surface area contributed by atoms with E-state index in [1.807, 2.05) is 12.1 Å². The van der Waals surface area contributed by atoms with Gasteiger partial charge in [0.15, 0.2) is 5.78 Å². The van der Waals surface area contributed by atoms with E-state index in [4.69, 9.17) is 0 Å². The Morgan fingerprint density at radius 3 is 2.52 bits per heavy atom. The van der Waals surface area contributed by atoms with Crippen molar-refractivity contribution in [2.75, 3.05) is 0 Å². The summed E-state index contributed by atoms with van der Waals surface area (Å²) in [5.74, 6) is 2.10. The van der Waals surface area contributed by atoms with E-state index >= 15 is 0 Å². The molecule has 1 N–H and O–H groups in total. The maximum atomic E-state index is 13.5. The van der Waals surface area contributed by atoms with Crippen LogP contribution in [0.3, 0.4) is 0 Å². The van der Waals surface area contributed by atoms with Gasteiger partial charge in [-0.15, -0.1) is 0 Å². The van der Waals surface area contributed by atoms with Gasteiger partial charge in [-0.25, -0.2) is 0 Å². The number of ketones is 1. The monoisotopic (exact) mass is 454 g/mol. The maximum absolute atomic E-state index is 13.5. The molecule has 4 aliphatic carbocycles. The van der Waals surface area contributed by atoms with Gasteiger partial charge in [0.25, 0.3) is 0 Å². The van der Waals surface area contributed by atoms with Crippen LogP contribution < -0.4 is 0 Å². The lowest BCUT2D eigenvalue weighted by molar-refractivity contribution is -0.130. The van der Waals surface area contributed by atoms with Gasteiger partial charge in [-0.05, 0) is 97.5 Å². The molecule has 3 fully saturated rings. The molecule has 1 aromatic carbocycles. The first kappa shape index (κ1) is 19.8. The summed E-state index contributed by atoms with van der Waals surface area (Å²) in [6.45, 7) is 4.68. The predicted molar refractivity (Wildman–Crippen MR) is 120 cm³/mol. The minimum Gasteiger partial charge on any atom is -0.393 e. The van der Waals surface area contributed by atoms with Crippen LogP contribution in [0.25, 0.3) is 6.08 Å². The summed E-state index contributed by atoms with van der Waals surface area (Å²) in [6, 6.07) is 8.26. The summed E-state index contributed by atoms with van der Waals surface area (Å²) in [7, 11) is 0. The van der Waals surface area contributed by atoms with E-state index in [0.29, 0.717) is 23.5 Å². The van der Waals surface area contributed by atoms with Crippen LogP contribution in [0.15, 0.2) is 46.0 Å². The van der Waals surface area contributed by atoms with Crippen molar-refractivity contribution < 1.29 is 9.90 Å². The number of rotatable bonds is 1. The summed E-state index contributed by atoms with van der Waals surface area (Å²) >= 11 is 3.49. The van der Waals surface area contributed by atoms with Crippen LogP contribution in [0.2, 0.25) is 0 Å². The van der Waals surface area contributed by atoms with Crippen molar-refractivity contribution in [3.8, 4) is 0 Å². The lowest BCUT2D eigenvalue weighted by Gasteiger charge is -2.56. The normalized spacial score (nSPS) is 42.8. The second kappa shape index (κ2) is 6.92. The molecule has 154 valence electrons.